The summed E-state index contributed by atoms with van der Waals surface area (Å²) < 4.78 is 4.27. The summed E-state index contributed by atoms with van der Waals surface area (Å²) in [5, 5.41) is 16.3. The first-order chi connectivity index (χ1) is 6.86. The van der Waals surface area contributed by atoms with Crippen LogP contribution in [0.3, 0.4) is 0 Å². The number of carbonyl (C=O) groups is 2. The molecule has 0 heterocycles. The van der Waals surface area contributed by atoms with Gasteiger partial charge in [0.25, 0.3) is 0 Å². The first-order valence-corrected chi connectivity index (χ1v) is 4.12. The predicted octanol–water partition coefficient (Wildman–Crippen LogP) is 0.745. The van der Waals surface area contributed by atoms with E-state index < -0.39 is 5.97 Å². The molecule has 0 aromatic heterocycles. The van der Waals surface area contributed by atoms with Crippen molar-refractivity contribution in [1.29, 1.82) is 0 Å². The minimum atomic E-state index is -1.04. The number of esters is 1. The molecule has 0 aromatic carbocycles. The van der Waals surface area contributed by atoms with Crippen LogP contribution in [-0.2, 0) is 14.3 Å². The van der Waals surface area contributed by atoms with Crippen molar-refractivity contribution in [2.75, 3.05) is 13.7 Å². The maximum atomic E-state index is 10.2. The van der Waals surface area contributed by atoms with Gasteiger partial charge in [0.2, 0.25) is 0 Å². The van der Waals surface area contributed by atoms with E-state index in [0.717, 1.165) is 0 Å². The molecule has 0 amide bonds. The van der Waals surface area contributed by atoms with E-state index in [2.05, 4.69) is 17.9 Å². The quantitative estimate of drug-likeness (QED) is 0.535. The molecule has 0 radical (unpaired) electrons. The topological polar surface area (TPSA) is 83.8 Å². The lowest BCUT2D eigenvalue weighted by molar-refractivity contribution is -0.136. The second-order valence-corrected chi connectivity index (χ2v) is 2.65. The molecule has 0 spiro atoms. The Bertz CT molecular complexity index is 255. The highest BCUT2D eigenvalue weighted by Crippen LogP contribution is 1.94. The number of methoxy groups -OCH3 is 1. The van der Waals surface area contributed by atoms with E-state index in [9.17, 15) is 9.59 Å². The third-order valence-electron chi connectivity index (χ3n) is 1.25. The number of hydrogen-bond donors (Lipinski definition) is 2. The fraction of sp³-hybridized carbons (Fsp3) is 0.400. The van der Waals surface area contributed by atoms with Crippen molar-refractivity contribution in [2.45, 2.75) is 13.3 Å². The SMILES string of the molecule is C=C(C)C(=O)OC.C=C(CCO)C(=O)O. The minimum Gasteiger partial charge on any atom is -0.478 e. The molecule has 5 nitrogen and oxygen atoms in total. The lowest BCUT2D eigenvalue weighted by atomic mass is 10.2. The summed E-state index contributed by atoms with van der Waals surface area (Å²) in [5.41, 5.74) is 0.481. The molecule has 0 aromatic rings. The van der Waals surface area contributed by atoms with Gasteiger partial charge in [-0.1, -0.05) is 13.2 Å². The summed E-state index contributed by atoms with van der Waals surface area (Å²) in [6, 6.07) is 0. The number of hydrogen-bond acceptors (Lipinski definition) is 4. The largest absolute Gasteiger partial charge is 0.478 e. The minimum absolute atomic E-state index is 0.0486. The van der Waals surface area contributed by atoms with Crippen LogP contribution in [0, 0.1) is 0 Å². The molecule has 0 bridgehead atoms. The molecule has 86 valence electrons. The highest BCUT2D eigenvalue weighted by molar-refractivity contribution is 5.86. The number of carboxylic acid groups (broad SMARTS) is 1. The van der Waals surface area contributed by atoms with Gasteiger partial charge in [0.1, 0.15) is 0 Å². The van der Waals surface area contributed by atoms with Crippen molar-refractivity contribution >= 4 is 11.9 Å². The number of aliphatic hydroxyl groups excluding tert-OH is 1. The van der Waals surface area contributed by atoms with E-state index in [0.29, 0.717) is 5.57 Å². The zero-order valence-electron chi connectivity index (χ0n) is 8.95. The van der Waals surface area contributed by atoms with E-state index in [1.807, 2.05) is 0 Å². The first kappa shape index (κ1) is 15.8. The fourth-order valence-corrected chi connectivity index (χ4v) is 0.416. The molecule has 2 N–H and O–H groups in total. The Hall–Kier alpha value is -1.62. The summed E-state index contributed by atoms with van der Waals surface area (Å²) in [7, 11) is 1.33. The lowest BCUT2D eigenvalue weighted by Crippen LogP contribution is -2.00. The summed E-state index contributed by atoms with van der Waals surface area (Å²) in [5.74, 6) is -1.39. The molecule has 0 aliphatic rings. The van der Waals surface area contributed by atoms with Crippen LogP contribution in [0.4, 0.5) is 0 Å². The van der Waals surface area contributed by atoms with Gasteiger partial charge in [0.15, 0.2) is 0 Å². The van der Waals surface area contributed by atoms with Crippen molar-refractivity contribution in [2.24, 2.45) is 0 Å². The highest BCUT2D eigenvalue weighted by atomic mass is 16.5. The van der Waals surface area contributed by atoms with Crippen molar-refractivity contribution in [3.63, 3.8) is 0 Å². The molecule has 0 atom stereocenters. The lowest BCUT2D eigenvalue weighted by Gasteiger charge is -1.91. The monoisotopic (exact) mass is 216 g/mol. The maximum absolute atomic E-state index is 10.2. The van der Waals surface area contributed by atoms with E-state index in [1.54, 1.807) is 6.92 Å². The molecule has 0 rings (SSSR count). The van der Waals surface area contributed by atoms with Crippen molar-refractivity contribution in [3.05, 3.63) is 24.3 Å². The van der Waals surface area contributed by atoms with Gasteiger partial charge in [-0.25, -0.2) is 9.59 Å². The molecule has 0 fully saturated rings. The van der Waals surface area contributed by atoms with Gasteiger partial charge in [-0.15, -0.1) is 0 Å². The number of carbonyl (C=O) groups excluding carboxylic acids is 1. The maximum Gasteiger partial charge on any atom is 0.332 e. The Labute approximate surface area is 88.7 Å². The van der Waals surface area contributed by atoms with Crippen LogP contribution in [0.2, 0.25) is 0 Å². The molecular weight excluding hydrogens is 200 g/mol. The Morgan fingerprint density at radius 3 is 1.87 bits per heavy atom. The third-order valence-corrected chi connectivity index (χ3v) is 1.25. The van der Waals surface area contributed by atoms with Crippen LogP contribution >= 0.6 is 0 Å². The zero-order chi connectivity index (χ0) is 12.4. The van der Waals surface area contributed by atoms with E-state index >= 15 is 0 Å². The Kier molecular flexibility index (Phi) is 9.45. The van der Waals surface area contributed by atoms with Crippen LogP contribution in [0.5, 0.6) is 0 Å². The summed E-state index contributed by atoms with van der Waals surface area (Å²) in [4.78, 5) is 20.1. The average molecular weight is 216 g/mol. The van der Waals surface area contributed by atoms with Crippen LogP contribution in [0.15, 0.2) is 24.3 Å². The third kappa shape index (κ3) is 10.3. The van der Waals surface area contributed by atoms with Gasteiger partial charge in [0, 0.05) is 24.2 Å². The molecule has 0 saturated carbocycles. The van der Waals surface area contributed by atoms with Crippen molar-refractivity contribution in [3.8, 4) is 0 Å². The smallest absolute Gasteiger partial charge is 0.332 e. The van der Waals surface area contributed by atoms with Crippen LogP contribution in [0.25, 0.3) is 0 Å². The Morgan fingerprint density at radius 1 is 1.33 bits per heavy atom. The standard InChI is InChI=1S/C5H8O3.C5H8O2/c1-4(2-3-6)5(7)8;1-4(2)5(6)7-3/h6H,1-3H2,(H,7,8);1H2,2-3H3. The van der Waals surface area contributed by atoms with E-state index in [1.165, 1.54) is 7.11 Å². The van der Waals surface area contributed by atoms with Crippen molar-refractivity contribution in [1.82, 2.24) is 0 Å². The second-order valence-electron chi connectivity index (χ2n) is 2.65. The molecular formula is C10H16O5. The van der Waals surface area contributed by atoms with E-state index in [4.69, 9.17) is 10.2 Å². The molecule has 5 heteroatoms. The molecule has 15 heavy (non-hydrogen) atoms. The second kappa shape index (κ2) is 8.96. The van der Waals surface area contributed by atoms with Gasteiger partial charge in [0.05, 0.1) is 7.11 Å². The average Bonchev–Trinajstić information content (AvgIpc) is 2.17. The fourth-order valence-electron chi connectivity index (χ4n) is 0.416. The van der Waals surface area contributed by atoms with Crippen LogP contribution in [0.1, 0.15) is 13.3 Å². The normalized spacial score (nSPS) is 8.20. The summed E-state index contributed by atoms with van der Waals surface area (Å²) in [6.45, 7) is 7.99. The van der Waals surface area contributed by atoms with Gasteiger partial charge < -0.3 is 14.9 Å². The Morgan fingerprint density at radius 2 is 1.80 bits per heavy atom. The van der Waals surface area contributed by atoms with Crippen molar-refractivity contribution < 1.29 is 24.5 Å². The number of aliphatic carboxylic acids is 1. The summed E-state index contributed by atoms with van der Waals surface area (Å²) >= 11 is 0. The molecule has 0 aliphatic carbocycles. The Balaban J connectivity index is 0. The number of ether oxygens (including phenoxy) is 1. The first-order valence-electron chi connectivity index (χ1n) is 4.12. The van der Waals surface area contributed by atoms with E-state index in [-0.39, 0.29) is 24.6 Å². The molecule has 0 unspecified atom stereocenters. The van der Waals surface area contributed by atoms with Gasteiger partial charge in [-0.2, -0.15) is 0 Å². The highest BCUT2D eigenvalue weighted by Gasteiger charge is 2.00. The van der Waals surface area contributed by atoms with Gasteiger partial charge in [-0.3, -0.25) is 0 Å². The molecule has 0 saturated heterocycles. The zero-order valence-corrected chi connectivity index (χ0v) is 8.95. The number of carboxylic acids is 1. The van der Waals surface area contributed by atoms with Gasteiger partial charge >= 0.3 is 11.9 Å². The summed E-state index contributed by atoms with van der Waals surface area (Å²) in [6.07, 6.45) is 0.148. The molecule has 0 aliphatic heterocycles. The van der Waals surface area contributed by atoms with Gasteiger partial charge in [-0.05, 0) is 6.92 Å². The number of rotatable bonds is 4. The van der Waals surface area contributed by atoms with Crippen LogP contribution < -0.4 is 0 Å². The predicted molar refractivity (Wildman–Crippen MR) is 55.3 cm³/mol. The van der Waals surface area contributed by atoms with Crippen LogP contribution in [-0.4, -0.2) is 35.9 Å². The number of aliphatic hydroxyl groups is 1.